The average Bonchev–Trinajstić information content (AvgIpc) is 2.28. The molecule has 4 heteroatoms. The van der Waals surface area contributed by atoms with Gasteiger partial charge in [0.1, 0.15) is 5.75 Å². The van der Waals surface area contributed by atoms with E-state index in [1.54, 1.807) is 12.1 Å². The molecular weight excluding hydrogens is 218 g/mol. The lowest BCUT2D eigenvalue weighted by Crippen LogP contribution is -2.15. The minimum Gasteiger partial charge on any atom is -0.403 e. The molecule has 92 valence electrons. The van der Waals surface area contributed by atoms with Crippen LogP contribution in [0.3, 0.4) is 0 Å². The second kappa shape index (κ2) is 6.70. The first-order chi connectivity index (χ1) is 8.11. The van der Waals surface area contributed by atoms with Crippen molar-refractivity contribution in [2.45, 2.75) is 6.42 Å². The summed E-state index contributed by atoms with van der Waals surface area (Å²) in [5, 5.41) is 0. The Hall–Kier alpha value is -1.81. The number of hydrogen-bond acceptors (Lipinski definition) is 4. The molecule has 0 aliphatic rings. The maximum Gasteiger partial charge on any atom is 0.518 e. The predicted octanol–water partition coefficient (Wildman–Crippen LogP) is 2.45. The summed E-state index contributed by atoms with van der Waals surface area (Å²) in [6.07, 6.45) is 1.22. The molecule has 0 bridgehead atoms. The van der Waals surface area contributed by atoms with Crippen LogP contribution in [0.4, 0.5) is 4.79 Å². The summed E-state index contributed by atoms with van der Waals surface area (Å²) in [5.74, 6) is 0.463. The smallest absolute Gasteiger partial charge is 0.403 e. The second-order valence-corrected chi connectivity index (χ2v) is 3.83. The Morgan fingerprint density at radius 3 is 2.53 bits per heavy atom. The molecule has 0 saturated heterocycles. The number of carbonyl (C=O) groups is 1. The highest BCUT2D eigenvalue weighted by atomic mass is 16.7. The molecule has 0 aliphatic heterocycles. The molecule has 0 fully saturated rings. The summed E-state index contributed by atoms with van der Waals surface area (Å²) in [4.78, 5) is 13.1. The van der Waals surface area contributed by atoms with Gasteiger partial charge in [-0.15, -0.1) is 0 Å². The highest BCUT2D eigenvalue weighted by molar-refractivity contribution is 5.64. The van der Waals surface area contributed by atoms with Crippen LogP contribution in [0.15, 0.2) is 37.1 Å². The molecule has 0 unspecified atom stereocenters. The molecule has 4 nitrogen and oxygen atoms in total. The number of ether oxygens (including phenoxy) is 2. The van der Waals surface area contributed by atoms with E-state index in [4.69, 9.17) is 4.74 Å². The highest BCUT2D eigenvalue weighted by Crippen LogP contribution is 2.13. The minimum atomic E-state index is -0.777. The minimum absolute atomic E-state index is 0.463. The van der Waals surface area contributed by atoms with E-state index in [1.165, 1.54) is 5.56 Å². The van der Waals surface area contributed by atoms with Gasteiger partial charge in [-0.3, -0.25) is 0 Å². The Kier molecular flexibility index (Phi) is 5.23. The van der Waals surface area contributed by atoms with Crippen LogP contribution >= 0.6 is 0 Å². The molecule has 0 saturated carbocycles. The van der Waals surface area contributed by atoms with Crippen molar-refractivity contribution in [3.8, 4) is 5.75 Å². The zero-order valence-corrected chi connectivity index (χ0v) is 10.2. The molecule has 0 amide bonds. The fourth-order valence-electron chi connectivity index (χ4n) is 1.27. The van der Waals surface area contributed by atoms with E-state index < -0.39 is 6.16 Å². The van der Waals surface area contributed by atoms with E-state index in [9.17, 15) is 4.79 Å². The van der Waals surface area contributed by atoms with Gasteiger partial charge in [0.05, 0.1) is 6.26 Å². The van der Waals surface area contributed by atoms with Crippen molar-refractivity contribution >= 4 is 6.16 Å². The lowest BCUT2D eigenvalue weighted by atomic mass is 10.1. The number of carbonyl (C=O) groups excluding carboxylic acids is 1. The van der Waals surface area contributed by atoms with Crippen LogP contribution in [-0.4, -0.2) is 31.7 Å². The number of nitrogens with zero attached hydrogens (tertiary/aromatic N) is 1. The van der Waals surface area contributed by atoms with E-state index in [-0.39, 0.29) is 0 Å². The Bertz CT molecular complexity index is 371. The first-order valence-electron chi connectivity index (χ1n) is 5.35. The summed E-state index contributed by atoms with van der Waals surface area (Å²) in [5.41, 5.74) is 1.20. The summed E-state index contributed by atoms with van der Waals surface area (Å²) in [6, 6.07) is 7.35. The van der Waals surface area contributed by atoms with Crippen LogP contribution in [0, 0.1) is 0 Å². The van der Waals surface area contributed by atoms with Crippen molar-refractivity contribution in [2.75, 3.05) is 20.6 Å². The molecule has 0 aromatic heterocycles. The second-order valence-electron chi connectivity index (χ2n) is 3.83. The van der Waals surface area contributed by atoms with Gasteiger partial charge in [-0.05, 0) is 38.2 Å². The first kappa shape index (κ1) is 13.3. The molecule has 1 aromatic carbocycles. The van der Waals surface area contributed by atoms with Gasteiger partial charge in [-0.25, -0.2) is 4.79 Å². The third kappa shape index (κ3) is 5.17. The summed E-state index contributed by atoms with van der Waals surface area (Å²) in [7, 11) is 4.06. The standard InChI is InChI=1S/C13H17NO3/c1-4-16-13(15)17-12-7-5-11(6-8-12)9-10-14(2)3/h4-8H,1,9-10H2,2-3H3. The fourth-order valence-corrected chi connectivity index (χ4v) is 1.27. The van der Waals surface area contributed by atoms with Crippen LogP contribution in [0.1, 0.15) is 5.56 Å². The van der Waals surface area contributed by atoms with Gasteiger partial charge >= 0.3 is 6.16 Å². The number of likely N-dealkylation sites (N-methyl/N-ethyl adjacent to an activating group) is 1. The van der Waals surface area contributed by atoms with Crippen LogP contribution < -0.4 is 4.74 Å². The molecule has 0 aliphatic carbocycles. The van der Waals surface area contributed by atoms with Crippen LogP contribution in [-0.2, 0) is 11.2 Å². The number of hydrogen-bond donors (Lipinski definition) is 0. The summed E-state index contributed by atoms with van der Waals surface area (Å²) >= 11 is 0. The van der Waals surface area contributed by atoms with Crippen LogP contribution in [0.2, 0.25) is 0 Å². The van der Waals surface area contributed by atoms with Crippen molar-refractivity contribution in [1.29, 1.82) is 0 Å². The lowest BCUT2D eigenvalue weighted by Gasteiger charge is -2.09. The van der Waals surface area contributed by atoms with Gasteiger partial charge < -0.3 is 14.4 Å². The Morgan fingerprint density at radius 2 is 2.00 bits per heavy atom. The van der Waals surface area contributed by atoms with E-state index in [1.807, 2.05) is 26.2 Å². The van der Waals surface area contributed by atoms with E-state index in [0.717, 1.165) is 19.2 Å². The Labute approximate surface area is 101 Å². The van der Waals surface area contributed by atoms with Gasteiger partial charge in [-0.1, -0.05) is 18.7 Å². The number of rotatable bonds is 5. The molecule has 0 N–H and O–H groups in total. The van der Waals surface area contributed by atoms with Gasteiger partial charge in [0.15, 0.2) is 0 Å². The first-order valence-corrected chi connectivity index (χ1v) is 5.35. The predicted molar refractivity (Wildman–Crippen MR) is 66.0 cm³/mol. The summed E-state index contributed by atoms with van der Waals surface area (Å²) in [6.45, 7) is 4.25. The molecule has 0 heterocycles. The summed E-state index contributed by atoms with van der Waals surface area (Å²) < 4.78 is 9.34. The van der Waals surface area contributed by atoms with Gasteiger partial charge in [0, 0.05) is 6.54 Å². The van der Waals surface area contributed by atoms with Gasteiger partial charge in [0.2, 0.25) is 0 Å². The largest absolute Gasteiger partial charge is 0.518 e. The molecule has 17 heavy (non-hydrogen) atoms. The van der Waals surface area contributed by atoms with Crippen molar-refractivity contribution in [3.63, 3.8) is 0 Å². The molecule has 0 atom stereocenters. The van der Waals surface area contributed by atoms with Gasteiger partial charge in [0.25, 0.3) is 0 Å². The van der Waals surface area contributed by atoms with Crippen molar-refractivity contribution in [1.82, 2.24) is 4.90 Å². The Balaban J connectivity index is 2.49. The van der Waals surface area contributed by atoms with Crippen molar-refractivity contribution in [2.24, 2.45) is 0 Å². The monoisotopic (exact) mass is 235 g/mol. The third-order valence-electron chi connectivity index (χ3n) is 2.15. The van der Waals surface area contributed by atoms with Gasteiger partial charge in [-0.2, -0.15) is 0 Å². The molecule has 1 aromatic rings. The topological polar surface area (TPSA) is 38.8 Å². The van der Waals surface area contributed by atoms with Crippen LogP contribution in [0.25, 0.3) is 0 Å². The average molecular weight is 235 g/mol. The number of benzene rings is 1. The zero-order chi connectivity index (χ0) is 12.7. The van der Waals surface area contributed by atoms with E-state index in [2.05, 4.69) is 16.2 Å². The van der Waals surface area contributed by atoms with Crippen molar-refractivity contribution < 1.29 is 14.3 Å². The maximum atomic E-state index is 11.0. The van der Waals surface area contributed by atoms with E-state index in [0.29, 0.717) is 5.75 Å². The van der Waals surface area contributed by atoms with Crippen molar-refractivity contribution in [3.05, 3.63) is 42.7 Å². The molecule has 0 spiro atoms. The highest BCUT2D eigenvalue weighted by Gasteiger charge is 2.03. The molecule has 0 radical (unpaired) electrons. The third-order valence-corrected chi connectivity index (χ3v) is 2.15. The SMILES string of the molecule is C=COC(=O)Oc1ccc(CCN(C)C)cc1. The Morgan fingerprint density at radius 1 is 1.35 bits per heavy atom. The zero-order valence-electron chi connectivity index (χ0n) is 10.2. The normalized spacial score (nSPS) is 10.1. The van der Waals surface area contributed by atoms with E-state index >= 15 is 0 Å². The van der Waals surface area contributed by atoms with Crippen LogP contribution in [0.5, 0.6) is 5.75 Å². The molecule has 1 rings (SSSR count). The lowest BCUT2D eigenvalue weighted by molar-refractivity contribution is 0.136. The quantitative estimate of drug-likeness (QED) is 0.446. The molecular formula is C13H17NO3. The fraction of sp³-hybridized carbons (Fsp3) is 0.308. The maximum absolute atomic E-state index is 11.0.